The molecule has 0 unspecified atom stereocenters. The van der Waals surface area contributed by atoms with Gasteiger partial charge in [-0.15, -0.1) is 0 Å². The first kappa shape index (κ1) is 16.6. The van der Waals surface area contributed by atoms with Gasteiger partial charge in [-0.25, -0.2) is 9.98 Å². The molecule has 0 bridgehead atoms. The van der Waals surface area contributed by atoms with Crippen molar-refractivity contribution in [1.82, 2.24) is 0 Å². The summed E-state index contributed by atoms with van der Waals surface area (Å²) >= 11 is 0. The zero-order chi connectivity index (χ0) is 15.5. The van der Waals surface area contributed by atoms with Gasteiger partial charge in [-0.1, -0.05) is 81.1 Å². The van der Waals surface area contributed by atoms with E-state index in [1.165, 1.54) is 0 Å². The van der Waals surface area contributed by atoms with E-state index in [9.17, 15) is 0 Å². The highest BCUT2D eigenvalue weighted by Crippen LogP contribution is 2.15. The van der Waals surface area contributed by atoms with Crippen molar-refractivity contribution < 1.29 is 0 Å². The molecule has 0 saturated carbocycles. The summed E-state index contributed by atoms with van der Waals surface area (Å²) in [5, 5.41) is 0. The van der Waals surface area contributed by atoms with Crippen LogP contribution in [0.3, 0.4) is 0 Å². The maximum absolute atomic E-state index is 4.53. The predicted octanol–water partition coefficient (Wildman–Crippen LogP) is 5.22. The summed E-state index contributed by atoms with van der Waals surface area (Å²) in [5.74, 6) is 0.678. The smallest absolute Gasteiger partial charge is 0.159 e. The Bertz CT molecular complexity index is 596. The molecule has 0 aliphatic rings. The van der Waals surface area contributed by atoms with Crippen molar-refractivity contribution in [3.05, 3.63) is 78.4 Å². The molecule has 0 spiro atoms. The Morgan fingerprint density at radius 2 is 1.33 bits per heavy atom. The van der Waals surface area contributed by atoms with Gasteiger partial charge in [-0.05, 0) is 12.5 Å². The second-order valence-corrected chi connectivity index (χ2v) is 4.00. The monoisotopic (exact) mass is 278 g/mol. The van der Waals surface area contributed by atoms with Crippen LogP contribution < -0.4 is 0 Å². The van der Waals surface area contributed by atoms with Crippen LogP contribution in [0.5, 0.6) is 0 Å². The van der Waals surface area contributed by atoms with E-state index in [1.807, 2.05) is 81.4 Å². The van der Waals surface area contributed by atoms with Crippen LogP contribution in [0.4, 0.5) is 0 Å². The number of aliphatic imine (C=N–C) groups is 2. The summed E-state index contributed by atoms with van der Waals surface area (Å²) in [5.41, 5.74) is 2.70. The average Bonchev–Trinajstić information content (AvgIpc) is 2.58. The summed E-state index contributed by atoms with van der Waals surface area (Å²) in [7, 11) is 0. The van der Waals surface area contributed by atoms with Crippen molar-refractivity contribution in [2.45, 2.75) is 20.8 Å². The molecule has 2 aromatic rings. The maximum atomic E-state index is 4.53. The highest BCUT2D eigenvalue weighted by Gasteiger charge is 2.02. The van der Waals surface area contributed by atoms with E-state index in [0.717, 1.165) is 11.1 Å². The van der Waals surface area contributed by atoms with Gasteiger partial charge in [0.1, 0.15) is 0 Å². The maximum Gasteiger partial charge on any atom is 0.159 e. The van der Waals surface area contributed by atoms with Gasteiger partial charge in [0.05, 0.1) is 5.70 Å². The van der Waals surface area contributed by atoms with Crippen molar-refractivity contribution >= 4 is 17.7 Å². The fraction of sp³-hybridized carbons (Fsp3) is 0.158. The predicted molar refractivity (Wildman–Crippen MR) is 94.0 cm³/mol. The molecule has 2 aromatic carbocycles. The van der Waals surface area contributed by atoms with Crippen LogP contribution in [0.1, 0.15) is 31.9 Å². The number of hydrogen-bond acceptors (Lipinski definition) is 1. The number of amidine groups is 1. The molecule has 2 heteroatoms. The van der Waals surface area contributed by atoms with Gasteiger partial charge >= 0.3 is 0 Å². The Morgan fingerprint density at radius 3 is 1.81 bits per heavy atom. The van der Waals surface area contributed by atoms with Crippen molar-refractivity contribution in [2.24, 2.45) is 9.98 Å². The van der Waals surface area contributed by atoms with Crippen molar-refractivity contribution in [3.8, 4) is 0 Å². The molecule has 2 rings (SSSR count). The topological polar surface area (TPSA) is 24.7 Å². The molecule has 0 heterocycles. The Labute approximate surface area is 127 Å². The molecular weight excluding hydrogens is 256 g/mol. The third-order valence-electron chi connectivity index (χ3n) is 2.63. The molecule has 0 aliphatic carbocycles. The SMILES string of the molecule is C=C(N=C(N=CC)c1ccccc1)c1ccccc1.CC. The van der Waals surface area contributed by atoms with Crippen LogP contribution in [-0.4, -0.2) is 12.1 Å². The fourth-order valence-electron chi connectivity index (χ4n) is 1.70. The van der Waals surface area contributed by atoms with Gasteiger partial charge < -0.3 is 0 Å². The summed E-state index contributed by atoms with van der Waals surface area (Å²) in [6.45, 7) is 9.89. The zero-order valence-corrected chi connectivity index (χ0v) is 13.0. The van der Waals surface area contributed by atoms with E-state index >= 15 is 0 Å². The summed E-state index contributed by atoms with van der Waals surface area (Å²) in [6, 6.07) is 19.8. The summed E-state index contributed by atoms with van der Waals surface area (Å²) in [4.78, 5) is 8.86. The largest absolute Gasteiger partial charge is 0.241 e. The van der Waals surface area contributed by atoms with E-state index < -0.39 is 0 Å². The van der Waals surface area contributed by atoms with E-state index in [4.69, 9.17) is 0 Å². The van der Waals surface area contributed by atoms with Gasteiger partial charge in [0.2, 0.25) is 0 Å². The molecule has 0 N–H and O–H groups in total. The molecule has 108 valence electrons. The molecule has 0 amide bonds. The minimum atomic E-state index is 0.678. The third kappa shape index (κ3) is 5.19. The lowest BCUT2D eigenvalue weighted by atomic mass is 10.1. The van der Waals surface area contributed by atoms with Crippen LogP contribution in [0.25, 0.3) is 5.70 Å². The molecule has 2 nitrogen and oxygen atoms in total. The average molecular weight is 278 g/mol. The summed E-state index contributed by atoms with van der Waals surface area (Å²) < 4.78 is 0. The minimum absolute atomic E-state index is 0.678. The van der Waals surface area contributed by atoms with Crippen molar-refractivity contribution in [3.63, 3.8) is 0 Å². The van der Waals surface area contributed by atoms with E-state index in [0.29, 0.717) is 11.5 Å². The molecular formula is C19H22N2. The normalized spacial score (nSPS) is 10.9. The lowest BCUT2D eigenvalue weighted by molar-refractivity contribution is 1.45. The van der Waals surface area contributed by atoms with Gasteiger partial charge in [-0.2, -0.15) is 0 Å². The Hall–Kier alpha value is -2.48. The number of nitrogens with zero attached hydrogens (tertiary/aromatic N) is 2. The van der Waals surface area contributed by atoms with Crippen LogP contribution in [0.15, 0.2) is 77.2 Å². The van der Waals surface area contributed by atoms with Crippen molar-refractivity contribution in [1.29, 1.82) is 0 Å². The van der Waals surface area contributed by atoms with Gasteiger partial charge in [0.15, 0.2) is 5.84 Å². The molecule has 0 atom stereocenters. The molecule has 0 saturated heterocycles. The van der Waals surface area contributed by atoms with Gasteiger partial charge in [0.25, 0.3) is 0 Å². The standard InChI is InChI=1S/C17H16N2.C2H6/c1-3-18-17(16-12-8-5-9-13-16)19-14(2)15-10-6-4-7-11-15;1-2/h3-13H,2H2,1H3;1-2H3. The number of hydrogen-bond donors (Lipinski definition) is 0. The lowest BCUT2D eigenvalue weighted by Gasteiger charge is -2.04. The highest BCUT2D eigenvalue weighted by molar-refractivity contribution is 6.05. The molecule has 0 fully saturated rings. The minimum Gasteiger partial charge on any atom is -0.241 e. The Balaban J connectivity index is 0.00000106. The van der Waals surface area contributed by atoms with Gasteiger partial charge in [-0.3, -0.25) is 0 Å². The van der Waals surface area contributed by atoms with Crippen LogP contribution >= 0.6 is 0 Å². The molecule has 0 radical (unpaired) electrons. The first-order chi connectivity index (χ1) is 10.3. The third-order valence-corrected chi connectivity index (χ3v) is 2.63. The quantitative estimate of drug-likeness (QED) is 0.543. The molecule has 21 heavy (non-hydrogen) atoms. The van der Waals surface area contributed by atoms with E-state index in [2.05, 4.69) is 16.6 Å². The van der Waals surface area contributed by atoms with Gasteiger partial charge in [0, 0.05) is 11.8 Å². The van der Waals surface area contributed by atoms with Crippen LogP contribution in [-0.2, 0) is 0 Å². The van der Waals surface area contributed by atoms with Crippen LogP contribution in [0, 0.1) is 0 Å². The Kier molecular flexibility index (Phi) is 7.44. The second-order valence-electron chi connectivity index (χ2n) is 4.00. The van der Waals surface area contributed by atoms with Crippen molar-refractivity contribution in [2.75, 3.05) is 0 Å². The number of rotatable bonds is 3. The molecule has 0 aromatic heterocycles. The first-order valence-electron chi connectivity index (χ1n) is 7.18. The number of benzene rings is 2. The zero-order valence-electron chi connectivity index (χ0n) is 13.0. The molecule has 0 aliphatic heterocycles. The summed E-state index contributed by atoms with van der Waals surface area (Å²) in [6.07, 6.45) is 1.74. The Morgan fingerprint density at radius 1 is 0.857 bits per heavy atom. The van der Waals surface area contributed by atoms with E-state index in [-0.39, 0.29) is 0 Å². The second kappa shape index (κ2) is 9.43. The highest BCUT2D eigenvalue weighted by atomic mass is 14.9. The first-order valence-corrected chi connectivity index (χ1v) is 7.18. The lowest BCUT2D eigenvalue weighted by Crippen LogP contribution is -1.97. The van der Waals surface area contributed by atoms with E-state index in [1.54, 1.807) is 6.21 Å². The fourth-order valence-corrected chi connectivity index (χ4v) is 1.70. The van der Waals surface area contributed by atoms with Crippen LogP contribution in [0.2, 0.25) is 0 Å².